The molecule has 1 N–H and O–H groups in total. The molecule has 2 amide bonds. The molecule has 0 atom stereocenters. The number of carbonyl (C=O) groups is 2. The molecule has 1 aromatic carbocycles. The number of thiazole rings is 1. The standard InChI is InChI=1S/C18H21BrN4O2S2/c19-14-3-1-4-15(11-14)21-16(24)12-26-13-17(25)22-6-2-7-23(9-8-22)18-20-5-10-27-18/h1,3-5,10-11H,2,6-9,12-13H2,(H,21,24). The second-order valence-electron chi connectivity index (χ2n) is 6.09. The summed E-state index contributed by atoms with van der Waals surface area (Å²) in [7, 11) is 0. The van der Waals surface area contributed by atoms with E-state index < -0.39 is 0 Å². The van der Waals surface area contributed by atoms with Crippen LogP contribution in [0.3, 0.4) is 0 Å². The Labute approximate surface area is 175 Å². The first kappa shape index (κ1) is 20.2. The van der Waals surface area contributed by atoms with Crippen molar-refractivity contribution in [3.05, 3.63) is 40.3 Å². The fraction of sp³-hybridized carbons (Fsp3) is 0.389. The first-order valence-corrected chi connectivity index (χ1v) is 11.5. The Morgan fingerprint density at radius 2 is 2.11 bits per heavy atom. The monoisotopic (exact) mass is 468 g/mol. The van der Waals surface area contributed by atoms with Gasteiger partial charge in [-0.25, -0.2) is 4.98 Å². The first-order valence-electron chi connectivity index (χ1n) is 8.67. The highest BCUT2D eigenvalue weighted by atomic mass is 79.9. The summed E-state index contributed by atoms with van der Waals surface area (Å²) in [5, 5.41) is 5.83. The summed E-state index contributed by atoms with van der Waals surface area (Å²) < 4.78 is 0.913. The number of hydrogen-bond donors (Lipinski definition) is 1. The summed E-state index contributed by atoms with van der Waals surface area (Å²) in [5.74, 6) is 0.577. The van der Waals surface area contributed by atoms with Crippen molar-refractivity contribution >= 4 is 61.7 Å². The number of aromatic nitrogens is 1. The molecule has 1 saturated heterocycles. The third-order valence-corrected chi connectivity index (χ3v) is 6.35. The van der Waals surface area contributed by atoms with Crippen LogP contribution in [0.2, 0.25) is 0 Å². The van der Waals surface area contributed by atoms with Gasteiger partial charge in [-0.05, 0) is 24.6 Å². The average molecular weight is 469 g/mol. The Bertz CT molecular complexity index is 772. The topological polar surface area (TPSA) is 65.5 Å². The number of benzene rings is 1. The molecule has 1 aliphatic heterocycles. The Kier molecular flexibility index (Phi) is 7.54. The van der Waals surface area contributed by atoms with E-state index in [-0.39, 0.29) is 17.6 Å². The lowest BCUT2D eigenvalue weighted by atomic mass is 10.3. The van der Waals surface area contributed by atoms with Gasteiger partial charge < -0.3 is 15.1 Å². The summed E-state index contributed by atoms with van der Waals surface area (Å²) in [6.07, 6.45) is 2.74. The lowest BCUT2D eigenvalue weighted by Crippen LogP contribution is -2.36. The van der Waals surface area contributed by atoms with E-state index in [0.29, 0.717) is 12.3 Å². The number of nitrogens with one attached hydrogen (secondary N) is 1. The van der Waals surface area contributed by atoms with Crippen molar-refractivity contribution in [2.24, 2.45) is 0 Å². The van der Waals surface area contributed by atoms with E-state index in [4.69, 9.17) is 0 Å². The molecule has 0 aliphatic carbocycles. The summed E-state index contributed by atoms with van der Waals surface area (Å²) in [6.45, 7) is 3.17. The molecule has 1 aromatic heterocycles. The van der Waals surface area contributed by atoms with Crippen molar-refractivity contribution in [3.8, 4) is 0 Å². The molecule has 0 saturated carbocycles. The van der Waals surface area contributed by atoms with Crippen LogP contribution >= 0.6 is 39.0 Å². The third-order valence-electron chi connectivity index (χ3n) is 4.11. The molecule has 0 spiro atoms. The van der Waals surface area contributed by atoms with Crippen LogP contribution in [-0.2, 0) is 9.59 Å². The summed E-state index contributed by atoms with van der Waals surface area (Å²) in [6, 6.07) is 7.45. The normalized spacial score (nSPS) is 14.7. The minimum Gasteiger partial charge on any atom is -0.346 e. The van der Waals surface area contributed by atoms with E-state index in [1.54, 1.807) is 11.3 Å². The van der Waals surface area contributed by atoms with Gasteiger partial charge >= 0.3 is 0 Å². The molecule has 9 heteroatoms. The smallest absolute Gasteiger partial charge is 0.234 e. The maximum absolute atomic E-state index is 12.5. The number of amides is 2. The second-order valence-corrected chi connectivity index (χ2v) is 8.86. The van der Waals surface area contributed by atoms with Crippen molar-refractivity contribution in [2.75, 3.05) is 47.9 Å². The molecule has 2 aromatic rings. The van der Waals surface area contributed by atoms with Crippen molar-refractivity contribution in [1.29, 1.82) is 0 Å². The van der Waals surface area contributed by atoms with Crippen molar-refractivity contribution in [3.63, 3.8) is 0 Å². The van der Waals surface area contributed by atoms with Gasteiger partial charge in [-0.15, -0.1) is 23.1 Å². The second kappa shape index (κ2) is 10.1. The number of rotatable bonds is 6. The molecule has 144 valence electrons. The quantitative estimate of drug-likeness (QED) is 0.704. The van der Waals surface area contributed by atoms with Crippen LogP contribution in [0.4, 0.5) is 10.8 Å². The average Bonchev–Trinajstić information content (AvgIpc) is 3.06. The summed E-state index contributed by atoms with van der Waals surface area (Å²) >= 11 is 6.36. The lowest BCUT2D eigenvalue weighted by molar-refractivity contribution is -0.128. The van der Waals surface area contributed by atoms with E-state index in [2.05, 4.69) is 31.1 Å². The van der Waals surface area contributed by atoms with E-state index >= 15 is 0 Å². The minimum atomic E-state index is -0.100. The molecule has 2 heterocycles. The summed E-state index contributed by atoms with van der Waals surface area (Å²) in [5.41, 5.74) is 0.746. The fourth-order valence-electron chi connectivity index (χ4n) is 2.82. The zero-order valence-electron chi connectivity index (χ0n) is 14.8. The highest BCUT2D eigenvalue weighted by Crippen LogP contribution is 2.19. The number of hydrogen-bond acceptors (Lipinski definition) is 6. The number of carbonyl (C=O) groups excluding carboxylic acids is 2. The fourth-order valence-corrected chi connectivity index (χ4v) is 4.63. The predicted octanol–water partition coefficient (Wildman–Crippen LogP) is 3.32. The van der Waals surface area contributed by atoms with Crippen LogP contribution in [0, 0.1) is 0 Å². The van der Waals surface area contributed by atoms with Crippen LogP contribution in [0.25, 0.3) is 0 Å². The van der Waals surface area contributed by atoms with E-state index in [1.165, 1.54) is 11.8 Å². The van der Waals surface area contributed by atoms with E-state index in [1.807, 2.05) is 40.7 Å². The van der Waals surface area contributed by atoms with Crippen molar-refractivity contribution < 1.29 is 9.59 Å². The number of halogens is 1. The van der Waals surface area contributed by atoms with Gasteiger partial charge in [0.2, 0.25) is 11.8 Å². The molecule has 0 unspecified atom stereocenters. The minimum absolute atomic E-state index is 0.0937. The molecule has 1 aliphatic rings. The Hall–Kier alpha value is -1.58. The number of anilines is 2. The van der Waals surface area contributed by atoms with Gasteiger partial charge in [0.1, 0.15) is 0 Å². The van der Waals surface area contributed by atoms with Gasteiger partial charge in [-0.1, -0.05) is 22.0 Å². The zero-order valence-corrected chi connectivity index (χ0v) is 18.0. The molecular weight excluding hydrogens is 448 g/mol. The molecule has 1 fully saturated rings. The molecule has 6 nitrogen and oxygen atoms in total. The largest absolute Gasteiger partial charge is 0.346 e. The van der Waals surface area contributed by atoms with Gasteiger partial charge in [-0.2, -0.15) is 0 Å². The highest BCUT2D eigenvalue weighted by molar-refractivity contribution is 9.10. The van der Waals surface area contributed by atoms with Crippen molar-refractivity contribution in [1.82, 2.24) is 9.88 Å². The predicted molar refractivity (Wildman–Crippen MR) is 116 cm³/mol. The van der Waals surface area contributed by atoms with Crippen LogP contribution < -0.4 is 10.2 Å². The molecular formula is C18H21BrN4O2S2. The van der Waals surface area contributed by atoms with Crippen LogP contribution in [0.5, 0.6) is 0 Å². The third kappa shape index (κ3) is 6.22. The van der Waals surface area contributed by atoms with Gasteiger partial charge in [0.25, 0.3) is 0 Å². The Balaban J connectivity index is 1.39. The van der Waals surface area contributed by atoms with Gasteiger partial charge in [0, 0.05) is 47.9 Å². The van der Waals surface area contributed by atoms with Gasteiger partial charge in [-0.3, -0.25) is 9.59 Å². The van der Waals surface area contributed by atoms with Crippen LogP contribution in [-0.4, -0.2) is 59.4 Å². The van der Waals surface area contributed by atoms with E-state index in [9.17, 15) is 9.59 Å². The molecule has 27 heavy (non-hydrogen) atoms. The maximum Gasteiger partial charge on any atom is 0.234 e. The zero-order chi connectivity index (χ0) is 19.1. The van der Waals surface area contributed by atoms with E-state index in [0.717, 1.165) is 41.3 Å². The van der Waals surface area contributed by atoms with Crippen LogP contribution in [0.1, 0.15) is 6.42 Å². The van der Waals surface area contributed by atoms with Crippen LogP contribution in [0.15, 0.2) is 40.3 Å². The Morgan fingerprint density at radius 1 is 1.22 bits per heavy atom. The molecule has 3 rings (SSSR count). The number of thioether (sulfide) groups is 1. The van der Waals surface area contributed by atoms with Crippen molar-refractivity contribution in [2.45, 2.75) is 6.42 Å². The molecule has 0 radical (unpaired) electrons. The maximum atomic E-state index is 12.5. The first-order chi connectivity index (χ1) is 13.1. The molecule has 0 bridgehead atoms. The van der Waals surface area contributed by atoms with Gasteiger partial charge in [0.05, 0.1) is 11.5 Å². The SMILES string of the molecule is O=C(CSCC(=O)N1CCCN(c2nccs2)CC1)Nc1cccc(Br)c1. The lowest BCUT2D eigenvalue weighted by Gasteiger charge is -2.21. The Morgan fingerprint density at radius 3 is 2.89 bits per heavy atom. The summed E-state index contributed by atoms with van der Waals surface area (Å²) in [4.78, 5) is 33.0. The number of nitrogens with zero attached hydrogens (tertiary/aromatic N) is 3. The highest BCUT2D eigenvalue weighted by Gasteiger charge is 2.20. The van der Waals surface area contributed by atoms with Gasteiger partial charge in [0.15, 0.2) is 5.13 Å².